The van der Waals surface area contributed by atoms with Crippen LogP contribution >= 0.6 is 0 Å². The highest BCUT2D eigenvalue weighted by atomic mass is 15.2. The number of anilines is 2. The van der Waals surface area contributed by atoms with Gasteiger partial charge in [-0.1, -0.05) is 48.5 Å². The molecule has 0 radical (unpaired) electrons. The Labute approximate surface area is 205 Å². The molecule has 5 aromatic rings. The third-order valence-corrected chi connectivity index (χ3v) is 6.85. The third kappa shape index (κ3) is 4.24. The number of hydrogen-bond acceptors (Lipinski definition) is 5. The minimum absolute atomic E-state index is 0.745. The summed E-state index contributed by atoms with van der Waals surface area (Å²) < 4.78 is 0. The maximum atomic E-state index is 5.85. The van der Waals surface area contributed by atoms with Gasteiger partial charge < -0.3 is 20.5 Å². The second-order valence-electron chi connectivity index (χ2n) is 9.19. The van der Waals surface area contributed by atoms with Gasteiger partial charge in [0.1, 0.15) is 5.52 Å². The number of H-pyrrole nitrogens is 1. The topological polar surface area (TPSA) is 74.1 Å². The van der Waals surface area contributed by atoms with Gasteiger partial charge in [-0.3, -0.25) is 0 Å². The first kappa shape index (κ1) is 21.4. The van der Waals surface area contributed by atoms with Crippen LogP contribution < -0.4 is 10.6 Å². The average molecular weight is 461 g/mol. The van der Waals surface area contributed by atoms with Crippen molar-refractivity contribution in [2.45, 2.75) is 0 Å². The lowest BCUT2D eigenvalue weighted by Crippen LogP contribution is -2.44. The third-order valence-electron chi connectivity index (χ3n) is 6.85. The number of nitrogens with zero attached hydrogens (tertiary/aromatic N) is 4. The molecular formula is C29H28N6. The van der Waals surface area contributed by atoms with Crippen molar-refractivity contribution in [1.29, 1.82) is 0 Å². The summed E-state index contributed by atoms with van der Waals surface area (Å²) in [6.45, 7) is 4.39. The molecule has 0 bridgehead atoms. The number of nitrogens with two attached hydrogens (primary N) is 1. The maximum Gasteiger partial charge on any atom is 0.156 e. The van der Waals surface area contributed by atoms with E-state index in [0.29, 0.717) is 0 Å². The minimum Gasteiger partial charge on any atom is -0.399 e. The molecule has 6 nitrogen and oxygen atoms in total. The van der Waals surface area contributed by atoms with Crippen LogP contribution in [0, 0.1) is 0 Å². The van der Waals surface area contributed by atoms with E-state index in [0.717, 1.165) is 65.4 Å². The molecular weight excluding hydrogens is 432 g/mol. The van der Waals surface area contributed by atoms with Gasteiger partial charge in [-0.15, -0.1) is 0 Å². The molecule has 3 aromatic carbocycles. The number of rotatable bonds is 4. The Kier molecular flexibility index (Phi) is 5.43. The largest absolute Gasteiger partial charge is 0.399 e. The molecule has 2 aromatic heterocycles. The number of aromatic amines is 1. The molecule has 0 atom stereocenters. The first-order valence-electron chi connectivity index (χ1n) is 12.0. The van der Waals surface area contributed by atoms with Crippen LogP contribution in [0.25, 0.3) is 44.7 Å². The summed E-state index contributed by atoms with van der Waals surface area (Å²) in [5, 5.41) is 0. The molecule has 174 valence electrons. The number of piperazine rings is 1. The summed E-state index contributed by atoms with van der Waals surface area (Å²) in [7, 11) is 2.19. The van der Waals surface area contributed by atoms with Crippen LogP contribution in [0.3, 0.4) is 0 Å². The van der Waals surface area contributed by atoms with Crippen LogP contribution in [0.15, 0.2) is 85.2 Å². The first-order valence-corrected chi connectivity index (χ1v) is 12.0. The first-order chi connectivity index (χ1) is 17.1. The molecule has 3 N–H and O–H groups in total. The summed E-state index contributed by atoms with van der Waals surface area (Å²) in [4.78, 5) is 17.6. The van der Waals surface area contributed by atoms with Crippen LogP contribution in [0.4, 0.5) is 11.4 Å². The molecule has 6 heteroatoms. The molecule has 0 aliphatic carbocycles. The van der Waals surface area contributed by atoms with E-state index in [9.17, 15) is 0 Å². The summed E-state index contributed by atoms with van der Waals surface area (Å²) in [5.41, 5.74) is 15.9. The normalized spacial score (nSPS) is 14.5. The number of fused-ring (bicyclic) bond motifs is 1. The fourth-order valence-electron chi connectivity index (χ4n) is 4.68. The number of hydrogen-bond donors (Lipinski definition) is 2. The molecule has 0 unspecified atom stereocenters. The van der Waals surface area contributed by atoms with E-state index in [-0.39, 0.29) is 0 Å². The monoisotopic (exact) mass is 460 g/mol. The zero-order valence-electron chi connectivity index (χ0n) is 19.8. The van der Waals surface area contributed by atoms with Crippen LogP contribution in [0.2, 0.25) is 0 Å². The van der Waals surface area contributed by atoms with E-state index in [1.807, 2.05) is 36.7 Å². The molecule has 1 fully saturated rings. The Balaban J connectivity index is 1.24. The van der Waals surface area contributed by atoms with Gasteiger partial charge >= 0.3 is 0 Å². The van der Waals surface area contributed by atoms with E-state index in [2.05, 4.69) is 75.3 Å². The van der Waals surface area contributed by atoms with E-state index >= 15 is 0 Å². The second-order valence-corrected chi connectivity index (χ2v) is 9.19. The Morgan fingerprint density at radius 1 is 0.743 bits per heavy atom. The molecule has 0 spiro atoms. The van der Waals surface area contributed by atoms with E-state index in [1.165, 1.54) is 16.8 Å². The van der Waals surface area contributed by atoms with Gasteiger partial charge in [0.2, 0.25) is 0 Å². The second kappa shape index (κ2) is 8.89. The Bertz CT molecular complexity index is 1440. The molecule has 1 saturated heterocycles. The van der Waals surface area contributed by atoms with Crippen molar-refractivity contribution in [1.82, 2.24) is 19.9 Å². The van der Waals surface area contributed by atoms with Crippen molar-refractivity contribution >= 4 is 22.5 Å². The Morgan fingerprint density at radius 2 is 1.34 bits per heavy atom. The zero-order chi connectivity index (χ0) is 23.8. The standard InChI is InChI=1S/C29H28N6/c1-34-14-16-35(17-15-34)25-12-8-21(9-13-25)20-2-4-23(5-3-20)27-19-32-29-28(33-27)26(18-31-29)22-6-10-24(30)11-7-22/h2-13,18-19H,14-17,30H2,1H3,(H,31,32). The van der Waals surface area contributed by atoms with Gasteiger partial charge in [-0.25, -0.2) is 9.97 Å². The van der Waals surface area contributed by atoms with Crippen molar-refractivity contribution < 1.29 is 0 Å². The number of likely N-dealkylation sites (N-methyl/N-ethyl adjacent to an activating group) is 1. The SMILES string of the molecule is CN1CCN(c2ccc(-c3ccc(-c4cnc5[nH]cc(-c6ccc(N)cc6)c5n4)cc3)cc2)CC1. The number of benzene rings is 3. The van der Waals surface area contributed by atoms with Crippen LogP contribution in [-0.2, 0) is 0 Å². The highest BCUT2D eigenvalue weighted by molar-refractivity contribution is 5.91. The quantitative estimate of drug-likeness (QED) is 0.356. The predicted molar refractivity (Wildman–Crippen MR) is 144 cm³/mol. The van der Waals surface area contributed by atoms with E-state index < -0.39 is 0 Å². The van der Waals surface area contributed by atoms with Crippen LogP contribution in [0.5, 0.6) is 0 Å². The molecule has 35 heavy (non-hydrogen) atoms. The molecule has 3 heterocycles. The maximum absolute atomic E-state index is 5.85. The summed E-state index contributed by atoms with van der Waals surface area (Å²) in [6.07, 6.45) is 3.78. The number of aromatic nitrogens is 3. The Morgan fingerprint density at radius 3 is 2.03 bits per heavy atom. The van der Waals surface area contributed by atoms with Crippen molar-refractivity contribution in [3.05, 3.63) is 85.2 Å². The van der Waals surface area contributed by atoms with Gasteiger partial charge in [0.25, 0.3) is 0 Å². The van der Waals surface area contributed by atoms with Crippen molar-refractivity contribution in [2.24, 2.45) is 0 Å². The lowest BCUT2D eigenvalue weighted by atomic mass is 10.0. The highest BCUT2D eigenvalue weighted by Crippen LogP contribution is 2.30. The van der Waals surface area contributed by atoms with Gasteiger partial charge in [-0.05, 0) is 48.0 Å². The number of nitrogen functional groups attached to an aromatic ring is 1. The van der Waals surface area contributed by atoms with Crippen molar-refractivity contribution in [2.75, 3.05) is 43.9 Å². The predicted octanol–water partition coefficient (Wildman–Crippen LogP) is 5.29. The van der Waals surface area contributed by atoms with Crippen LogP contribution in [0.1, 0.15) is 0 Å². The van der Waals surface area contributed by atoms with E-state index in [1.54, 1.807) is 0 Å². The molecule has 0 saturated carbocycles. The van der Waals surface area contributed by atoms with Gasteiger partial charge in [-0.2, -0.15) is 0 Å². The zero-order valence-corrected chi connectivity index (χ0v) is 19.8. The van der Waals surface area contributed by atoms with E-state index in [4.69, 9.17) is 10.7 Å². The summed E-state index contributed by atoms with van der Waals surface area (Å²) in [5.74, 6) is 0. The van der Waals surface area contributed by atoms with Gasteiger partial charge in [0, 0.05) is 54.9 Å². The summed E-state index contributed by atoms with van der Waals surface area (Å²) in [6, 6.07) is 25.3. The van der Waals surface area contributed by atoms with Crippen molar-refractivity contribution in [3.63, 3.8) is 0 Å². The number of nitrogens with one attached hydrogen (secondary N) is 1. The average Bonchev–Trinajstić information content (AvgIpc) is 3.33. The smallest absolute Gasteiger partial charge is 0.156 e. The summed E-state index contributed by atoms with van der Waals surface area (Å²) >= 11 is 0. The van der Waals surface area contributed by atoms with Crippen LogP contribution in [-0.4, -0.2) is 53.1 Å². The van der Waals surface area contributed by atoms with Gasteiger partial charge in [0.05, 0.1) is 11.9 Å². The van der Waals surface area contributed by atoms with Gasteiger partial charge in [0.15, 0.2) is 5.65 Å². The lowest BCUT2D eigenvalue weighted by molar-refractivity contribution is 0.313. The Hall–Kier alpha value is -4.16. The fourth-order valence-corrected chi connectivity index (χ4v) is 4.68. The molecule has 1 aliphatic heterocycles. The minimum atomic E-state index is 0.745. The molecule has 6 rings (SSSR count). The molecule has 1 aliphatic rings. The fraction of sp³-hybridized carbons (Fsp3) is 0.172. The highest BCUT2D eigenvalue weighted by Gasteiger charge is 2.14. The lowest BCUT2D eigenvalue weighted by Gasteiger charge is -2.34. The van der Waals surface area contributed by atoms with Crippen molar-refractivity contribution in [3.8, 4) is 33.5 Å². The molecule has 0 amide bonds.